The number of aromatic carboxylic acids is 1. The lowest BCUT2D eigenvalue weighted by atomic mass is 10.1. The summed E-state index contributed by atoms with van der Waals surface area (Å²) < 4.78 is 48.6. The van der Waals surface area contributed by atoms with Crippen molar-refractivity contribution >= 4 is 29.3 Å². The number of methoxy groups -OCH3 is 2. The summed E-state index contributed by atoms with van der Waals surface area (Å²) in [5, 5.41) is 20.4. The highest BCUT2D eigenvalue weighted by Crippen LogP contribution is 2.35. The van der Waals surface area contributed by atoms with E-state index in [0.717, 1.165) is 56.0 Å². The maximum atomic E-state index is 12.3. The molecule has 1 saturated heterocycles. The SMILES string of the molecule is CCCc1nc(-c2cc(C)cc(OC)c2)c(-c2ccnc(Nc3ccc(N4CCN(CCOC)CC4)c(C(=O)O)c3)n2)o1.O=C(O)C(F)(F)F. The molecule has 1 fully saturated rings. The Morgan fingerprint density at radius 1 is 1.02 bits per heavy atom. The van der Waals surface area contributed by atoms with E-state index in [1.165, 1.54) is 0 Å². The third-order valence-corrected chi connectivity index (χ3v) is 7.63. The Morgan fingerprint density at radius 3 is 2.36 bits per heavy atom. The number of aliphatic carboxylic acids is 1. The van der Waals surface area contributed by atoms with Crippen molar-refractivity contribution in [2.45, 2.75) is 32.9 Å². The standard InChI is InChI=1S/C32H38N6O5.C2HF3O2/c1-5-6-28-36-29(22-17-21(2)18-24(19-22)42-4)30(43-28)26-9-10-33-32(35-26)34-23-7-8-27(25(20-23)31(39)40)38-13-11-37(12-14-38)15-16-41-3;3-2(4,5)1(6)7/h7-10,17-20H,5-6,11-16H2,1-4H3,(H,39,40)(H,33,34,35);(H,6,7). The molecule has 0 unspecified atom stereocenters. The molecule has 1 aliphatic heterocycles. The van der Waals surface area contributed by atoms with Gasteiger partial charge in [0, 0.05) is 63.7 Å². The number of alkyl halides is 3. The zero-order valence-corrected chi connectivity index (χ0v) is 28.1. The van der Waals surface area contributed by atoms with Gasteiger partial charge in [-0.25, -0.2) is 24.5 Å². The number of oxazole rings is 1. The number of rotatable bonds is 12. The van der Waals surface area contributed by atoms with Crippen LogP contribution < -0.4 is 15.0 Å². The van der Waals surface area contributed by atoms with Gasteiger partial charge in [-0.3, -0.25) is 4.90 Å². The maximum absolute atomic E-state index is 12.3. The number of anilines is 3. The number of benzene rings is 2. The first-order valence-corrected chi connectivity index (χ1v) is 15.7. The highest BCUT2D eigenvalue weighted by atomic mass is 19.4. The van der Waals surface area contributed by atoms with Crippen LogP contribution in [0.4, 0.5) is 30.5 Å². The Morgan fingerprint density at radius 2 is 1.74 bits per heavy atom. The van der Waals surface area contributed by atoms with Gasteiger partial charge in [0.2, 0.25) is 5.95 Å². The molecule has 13 nitrogen and oxygen atoms in total. The number of carbonyl (C=O) groups is 2. The maximum Gasteiger partial charge on any atom is 0.490 e. The van der Waals surface area contributed by atoms with Crippen molar-refractivity contribution in [2.75, 3.05) is 63.8 Å². The molecule has 0 amide bonds. The lowest BCUT2D eigenvalue weighted by Crippen LogP contribution is -2.47. The number of halogens is 3. The van der Waals surface area contributed by atoms with E-state index in [0.29, 0.717) is 53.4 Å². The van der Waals surface area contributed by atoms with Crippen LogP contribution in [0.2, 0.25) is 0 Å². The van der Waals surface area contributed by atoms with Crippen LogP contribution in [0.5, 0.6) is 5.75 Å². The van der Waals surface area contributed by atoms with Gasteiger partial charge in [0.15, 0.2) is 11.7 Å². The van der Waals surface area contributed by atoms with E-state index in [4.69, 9.17) is 33.8 Å². The smallest absolute Gasteiger partial charge is 0.490 e. The van der Waals surface area contributed by atoms with Crippen LogP contribution in [0, 0.1) is 6.92 Å². The molecule has 3 heterocycles. The van der Waals surface area contributed by atoms with Crippen LogP contribution in [-0.2, 0) is 16.0 Å². The Bertz CT molecular complexity index is 1770. The summed E-state index contributed by atoms with van der Waals surface area (Å²) in [6.07, 6.45) is -1.86. The summed E-state index contributed by atoms with van der Waals surface area (Å²) in [6, 6.07) is 13.0. The van der Waals surface area contributed by atoms with E-state index in [2.05, 4.69) is 27.0 Å². The van der Waals surface area contributed by atoms with E-state index in [1.807, 2.05) is 37.3 Å². The number of hydrogen-bond acceptors (Lipinski definition) is 11. The van der Waals surface area contributed by atoms with Crippen LogP contribution in [0.15, 0.2) is 53.1 Å². The Labute approximate surface area is 286 Å². The largest absolute Gasteiger partial charge is 0.497 e. The van der Waals surface area contributed by atoms with Gasteiger partial charge in [-0.2, -0.15) is 13.2 Å². The summed E-state index contributed by atoms with van der Waals surface area (Å²) in [5.74, 6) is -1.53. The van der Waals surface area contributed by atoms with Gasteiger partial charge >= 0.3 is 18.1 Å². The molecule has 3 N–H and O–H groups in total. The lowest BCUT2D eigenvalue weighted by molar-refractivity contribution is -0.192. The van der Waals surface area contributed by atoms with Crippen molar-refractivity contribution in [3.63, 3.8) is 0 Å². The Balaban J connectivity index is 0.000000727. The molecule has 0 atom stereocenters. The molecule has 0 radical (unpaired) electrons. The Hall–Kier alpha value is -5.22. The molecule has 2 aromatic heterocycles. The molecule has 268 valence electrons. The molecule has 0 aliphatic carbocycles. The topological polar surface area (TPSA) is 163 Å². The lowest BCUT2D eigenvalue weighted by Gasteiger charge is -2.36. The summed E-state index contributed by atoms with van der Waals surface area (Å²) in [6.45, 7) is 8.82. The predicted octanol–water partition coefficient (Wildman–Crippen LogP) is 5.91. The van der Waals surface area contributed by atoms with Crippen LogP contribution in [-0.4, -0.2) is 102 Å². The quantitative estimate of drug-likeness (QED) is 0.160. The summed E-state index contributed by atoms with van der Waals surface area (Å²) in [5.41, 5.74) is 4.64. The number of hydrogen-bond donors (Lipinski definition) is 3. The van der Waals surface area contributed by atoms with E-state index < -0.39 is 18.1 Å². The fourth-order valence-corrected chi connectivity index (χ4v) is 5.23. The number of aromatic nitrogens is 3. The average Bonchev–Trinajstić information content (AvgIpc) is 3.51. The minimum Gasteiger partial charge on any atom is -0.497 e. The van der Waals surface area contributed by atoms with Gasteiger partial charge in [-0.1, -0.05) is 6.92 Å². The highest BCUT2D eigenvalue weighted by Gasteiger charge is 2.38. The first kappa shape index (κ1) is 37.6. The van der Waals surface area contributed by atoms with E-state index in [-0.39, 0.29) is 5.56 Å². The van der Waals surface area contributed by atoms with Crippen molar-refractivity contribution in [3.8, 4) is 28.5 Å². The molecule has 16 heteroatoms. The van der Waals surface area contributed by atoms with E-state index in [1.54, 1.807) is 32.5 Å². The minimum atomic E-state index is -5.08. The second-order valence-corrected chi connectivity index (χ2v) is 11.3. The fraction of sp³-hybridized carbons (Fsp3) is 0.382. The van der Waals surface area contributed by atoms with Gasteiger partial charge < -0.3 is 34.3 Å². The van der Waals surface area contributed by atoms with Gasteiger partial charge in [-0.15, -0.1) is 0 Å². The molecular weight excluding hydrogens is 661 g/mol. The third kappa shape index (κ3) is 9.92. The number of ether oxygens (including phenoxy) is 2. The molecule has 1 aliphatic rings. The highest BCUT2D eigenvalue weighted by molar-refractivity contribution is 5.96. The average molecular weight is 701 g/mol. The zero-order valence-electron chi connectivity index (χ0n) is 28.1. The molecule has 4 aromatic rings. The first-order valence-electron chi connectivity index (χ1n) is 15.7. The minimum absolute atomic E-state index is 0.224. The molecule has 0 bridgehead atoms. The van der Waals surface area contributed by atoms with Crippen molar-refractivity contribution in [3.05, 3.63) is 65.7 Å². The van der Waals surface area contributed by atoms with Gasteiger partial charge in [0.05, 0.1) is 25.0 Å². The zero-order chi connectivity index (χ0) is 36.4. The second-order valence-electron chi connectivity index (χ2n) is 11.3. The van der Waals surface area contributed by atoms with Crippen molar-refractivity contribution in [1.82, 2.24) is 19.9 Å². The predicted molar refractivity (Wildman–Crippen MR) is 179 cm³/mol. The van der Waals surface area contributed by atoms with E-state index in [9.17, 15) is 23.1 Å². The summed E-state index contributed by atoms with van der Waals surface area (Å²) in [4.78, 5) is 39.5. The number of nitrogens with zero attached hydrogens (tertiary/aromatic N) is 5. The van der Waals surface area contributed by atoms with E-state index >= 15 is 0 Å². The molecular formula is C34H39F3N6O7. The second kappa shape index (κ2) is 16.9. The summed E-state index contributed by atoms with van der Waals surface area (Å²) >= 11 is 0. The number of aryl methyl sites for hydroxylation is 2. The Kier molecular flexibility index (Phi) is 12.7. The molecule has 50 heavy (non-hydrogen) atoms. The van der Waals surface area contributed by atoms with Crippen LogP contribution in [0.25, 0.3) is 22.7 Å². The summed E-state index contributed by atoms with van der Waals surface area (Å²) in [7, 11) is 3.34. The molecule has 2 aromatic carbocycles. The number of piperazine rings is 1. The monoisotopic (exact) mass is 700 g/mol. The first-order chi connectivity index (χ1) is 23.8. The van der Waals surface area contributed by atoms with Gasteiger partial charge in [0.25, 0.3) is 0 Å². The van der Waals surface area contributed by atoms with Crippen molar-refractivity contribution in [2.24, 2.45) is 0 Å². The number of carboxylic acid groups (broad SMARTS) is 2. The van der Waals surface area contributed by atoms with Crippen LogP contribution in [0.3, 0.4) is 0 Å². The van der Waals surface area contributed by atoms with Crippen LogP contribution in [0.1, 0.15) is 35.2 Å². The van der Waals surface area contributed by atoms with Crippen LogP contribution >= 0.6 is 0 Å². The number of nitrogens with one attached hydrogen (secondary N) is 1. The fourth-order valence-electron chi connectivity index (χ4n) is 5.23. The molecule has 0 saturated carbocycles. The van der Waals surface area contributed by atoms with Crippen molar-refractivity contribution in [1.29, 1.82) is 0 Å². The van der Waals surface area contributed by atoms with Crippen molar-refractivity contribution < 1.29 is 46.9 Å². The van der Waals surface area contributed by atoms with Gasteiger partial charge in [0.1, 0.15) is 17.1 Å². The third-order valence-electron chi connectivity index (χ3n) is 7.63. The molecule has 0 spiro atoms. The van der Waals surface area contributed by atoms with Gasteiger partial charge in [-0.05, 0) is 61.4 Å². The normalized spacial score (nSPS) is 13.4. The number of carboxylic acids is 2. The molecule has 5 rings (SSSR count).